The van der Waals surface area contributed by atoms with Gasteiger partial charge in [-0.05, 0) is 68.9 Å². The van der Waals surface area contributed by atoms with Crippen molar-refractivity contribution in [1.82, 2.24) is 10.2 Å². The van der Waals surface area contributed by atoms with Gasteiger partial charge in [0.05, 0.1) is 7.11 Å². The third-order valence-corrected chi connectivity index (χ3v) is 4.52. The van der Waals surface area contributed by atoms with Crippen LogP contribution < -0.4 is 10.1 Å². The van der Waals surface area contributed by atoms with Crippen molar-refractivity contribution in [3.8, 4) is 5.75 Å². The number of benzene rings is 1. The Bertz CT molecular complexity index is 423. The lowest BCUT2D eigenvalue weighted by molar-refractivity contribution is 0.175. The lowest BCUT2D eigenvalue weighted by Gasteiger charge is -2.32. The highest BCUT2D eigenvalue weighted by molar-refractivity contribution is 5.28. The molecular formula is C17H26N2O. The van der Waals surface area contributed by atoms with Crippen LogP contribution in [0.5, 0.6) is 5.75 Å². The predicted octanol–water partition coefficient (Wildman–Crippen LogP) is 2.66. The summed E-state index contributed by atoms with van der Waals surface area (Å²) in [5.41, 5.74) is 1.36. The molecule has 3 rings (SSSR count). The first-order valence-corrected chi connectivity index (χ1v) is 7.92. The van der Waals surface area contributed by atoms with E-state index in [4.69, 9.17) is 4.74 Å². The van der Waals surface area contributed by atoms with Gasteiger partial charge in [0.25, 0.3) is 0 Å². The van der Waals surface area contributed by atoms with Crippen LogP contribution >= 0.6 is 0 Å². The molecule has 1 aliphatic carbocycles. The summed E-state index contributed by atoms with van der Waals surface area (Å²) in [5.74, 6) is 1.85. The van der Waals surface area contributed by atoms with Crippen molar-refractivity contribution >= 4 is 0 Å². The van der Waals surface area contributed by atoms with Gasteiger partial charge in [-0.3, -0.25) is 4.90 Å². The Morgan fingerprint density at radius 1 is 1.20 bits per heavy atom. The molecule has 0 bridgehead atoms. The molecule has 3 heteroatoms. The van der Waals surface area contributed by atoms with Crippen molar-refractivity contribution in [2.24, 2.45) is 5.92 Å². The Morgan fingerprint density at radius 2 is 2.00 bits per heavy atom. The molecule has 0 amide bonds. The van der Waals surface area contributed by atoms with Crippen LogP contribution in [0.4, 0.5) is 0 Å². The first kappa shape index (κ1) is 13.9. The quantitative estimate of drug-likeness (QED) is 0.863. The maximum atomic E-state index is 5.29. The summed E-state index contributed by atoms with van der Waals surface area (Å²) < 4.78 is 5.29. The monoisotopic (exact) mass is 274 g/mol. The van der Waals surface area contributed by atoms with E-state index in [1.54, 1.807) is 7.11 Å². The molecule has 1 aliphatic heterocycles. The van der Waals surface area contributed by atoms with E-state index in [1.165, 1.54) is 50.9 Å². The first-order valence-electron chi connectivity index (χ1n) is 7.92. The van der Waals surface area contributed by atoms with Crippen molar-refractivity contribution in [2.75, 3.05) is 26.7 Å². The number of likely N-dealkylation sites (tertiary alicyclic amines) is 1. The Kier molecular flexibility index (Phi) is 4.58. The predicted molar refractivity (Wildman–Crippen MR) is 82.0 cm³/mol. The number of ether oxygens (including phenoxy) is 1. The standard InChI is InChI=1S/C17H26N2O/c1-20-17-4-2-3-15(11-17)13-19-9-7-14(8-10-19)12-18-16-5-6-16/h2-4,11,14,16,18H,5-10,12-13H2,1H3. The molecule has 0 spiro atoms. The van der Waals surface area contributed by atoms with Crippen molar-refractivity contribution in [3.05, 3.63) is 29.8 Å². The first-order chi connectivity index (χ1) is 9.83. The highest BCUT2D eigenvalue weighted by Crippen LogP contribution is 2.23. The Balaban J connectivity index is 1.42. The third-order valence-electron chi connectivity index (χ3n) is 4.52. The second-order valence-corrected chi connectivity index (χ2v) is 6.25. The summed E-state index contributed by atoms with van der Waals surface area (Å²) >= 11 is 0. The van der Waals surface area contributed by atoms with Crippen molar-refractivity contribution in [3.63, 3.8) is 0 Å². The summed E-state index contributed by atoms with van der Waals surface area (Å²) in [6, 6.07) is 9.30. The van der Waals surface area contributed by atoms with E-state index in [2.05, 4.69) is 28.4 Å². The van der Waals surface area contributed by atoms with Crippen molar-refractivity contribution < 1.29 is 4.74 Å². The molecule has 3 nitrogen and oxygen atoms in total. The van der Waals surface area contributed by atoms with Gasteiger partial charge < -0.3 is 10.1 Å². The fraction of sp³-hybridized carbons (Fsp3) is 0.647. The summed E-state index contributed by atoms with van der Waals surface area (Å²) in [4.78, 5) is 2.57. The zero-order valence-corrected chi connectivity index (χ0v) is 12.5. The summed E-state index contributed by atoms with van der Waals surface area (Å²) in [6.07, 6.45) is 5.47. The Morgan fingerprint density at radius 3 is 2.70 bits per heavy atom. The molecule has 1 saturated carbocycles. The van der Waals surface area contributed by atoms with Gasteiger partial charge in [0.15, 0.2) is 0 Å². The summed E-state index contributed by atoms with van der Waals surface area (Å²) in [7, 11) is 1.73. The molecule has 0 atom stereocenters. The van der Waals surface area contributed by atoms with E-state index >= 15 is 0 Å². The topological polar surface area (TPSA) is 24.5 Å². The van der Waals surface area contributed by atoms with Gasteiger partial charge in [0.1, 0.15) is 5.75 Å². The molecule has 0 unspecified atom stereocenters. The lowest BCUT2D eigenvalue weighted by Crippen LogP contribution is -2.37. The molecule has 0 radical (unpaired) electrons. The van der Waals surface area contributed by atoms with Crippen LogP contribution in [0, 0.1) is 5.92 Å². The molecule has 1 saturated heterocycles. The van der Waals surface area contributed by atoms with E-state index in [-0.39, 0.29) is 0 Å². The highest BCUT2D eigenvalue weighted by Gasteiger charge is 2.24. The fourth-order valence-electron chi connectivity index (χ4n) is 3.00. The van der Waals surface area contributed by atoms with Crippen LogP contribution in [-0.4, -0.2) is 37.7 Å². The molecule has 1 aromatic carbocycles. The minimum atomic E-state index is 0.852. The van der Waals surface area contributed by atoms with E-state index in [1.807, 2.05) is 6.07 Å². The zero-order valence-electron chi connectivity index (χ0n) is 12.5. The van der Waals surface area contributed by atoms with Gasteiger partial charge >= 0.3 is 0 Å². The second kappa shape index (κ2) is 6.59. The number of hydrogen-bond donors (Lipinski definition) is 1. The van der Waals surface area contributed by atoms with Gasteiger partial charge in [-0.1, -0.05) is 12.1 Å². The van der Waals surface area contributed by atoms with Gasteiger partial charge in [-0.15, -0.1) is 0 Å². The number of nitrogens with zero attached hydrogens (tertiary/aromatic N) is 1. The van der Waals surface area contributed by atoms with Crippen LogP contribution in [0.15, 0.2) is 24.3 Å². The summed E-state index contributed by atoms with van der Waals surface area (Å²) in [6.45, 7) is 4.75. The maximum Gasteiger partial charge on any atom is 0.119 e. The Hall–Kier alpha value is -1.06. The average molecular weight is 274 g/mol. The largest absolute Gasteiger partial charge is 0.497 e. The normalized spacial score (nSPS) is 21.1. The second-order valence-electron chi connectivity index (χ2n) is 6.25. The number of hydrogen-bond acceptors (Lipinski definition) is 3. The van der Waals surface area contributed by atoms with Gasteiger partial charge in [0, 0.05) is 12.6 Å². The van der Waals surface area contributed by atoms with Crippen LogP contribution in [-0.2, 0) is 6.54 Å². The maximum absolute atomic E-state index is 5.29. The van der Waals surface area contributed by atoms with E-state index in [0.29, 0.717) is 0 Å². The van der Waals surface area contributed by atoms with Gasteiger partial charge in [-0.2, -0.15) is 0 Å². The van der Waals surface area contributed by atoms with E-state index in [0.717, 1.165) is 24.3 Å². The number of nitrogens with one attached hydrogen (secondary N) is 1. The van der Waals surface area contributed by atoms with Gasteiger partial charge in [0.2, 0.25) is 0 Å². The van der Waals surface area contributed by atoms with Crippen LogP contribution in [0.3, 0.4) is 0 Å². The minimum Gasteiger partial charge on any atom is -0.497 e. The highest BCUT2D eigenvalue weighted by atomic mass is 16.5. The molecule has 1 aromatic rings. The van der Waals surface area contributed by atoms with Crippen molar-refractivity contribution in [1.29, 1.82) is 0 Å². The average Bonchev–Trinajstić information content (AvgIpc) is 3.31. The van der Waals surface area contributed by atoms with Crippen LogP contribution in [0.1, 0.15) is 31.2 Å². The SMILES string of the molecule is COc1cccc(CN2CCC(CNC3CC3)CC2)c1. The Labute approximate surface area is 122 Å². The van der Waals surface area contributed by atoms with Crippen LogP contribution in [0.25, 0.3) is 0 Å². The smallest absolute Gasteiger partial charge is 0.119 e. The minimum absolute atomic E-state index is 0.852. The molecule has 2 fully saturated rings. The summed E-state index contributed by atoms with van der Waals surface area (Å²) in [5, 5.41) is 3.67. The van der Waals surface area contributed by atoms with E-state index < -0.39 is 0 Å². The zero-order chi connectivity index (χ0) is 13.8. The third kappa shape index (κ3) is 3.97. The molecule has 1 heterocycles. The molecule has 1 N–H and O–H groups in total. The van der Waals surface area contributed by atoms with Crippen molar-refractivity contribution in [2.45, 2.75) is 38.3 Å². The van der Waals surface area contributed by atoms with Crippen LogP contribution in [0.2, 0.25) is 0 Å². The fourth-order valence-corrected chi connectivity index (χ4v) is 3.00. The number of rotatable bonds is 6. The molecule has 110 valence electrons. The molecular weight excluding hydrogens is 248 g/mol. The number of methoxy groups -OCH3 is 1. The van der Waals surface area contributed by atoms with E-state index in [9.17, 15) is 0 Å². The number of piperidine rings is 1. The van der Waals surface area contributed by atoms with Gasteiger partial charge in [-0.25, -0.2) is 0 Å². The molecule has 0 aromatic heterocycles. The molecule has 20 heavy (non-hydrogen) atoms. The lowest BCUT2D eigenvalue weighted by atomic mass is 9.96. The molecule has 2 aliphatic rings.